The van der Waals surface area contributed by atoms with Crippen LogP contribution in [0, 0.1) is 11.8 Å². The van der Waals surface area contributed by atoms with E-state index in [1.165, 1.54) is 24.9 Å². The highest BCUT2D eigenvalue weighted by molar-refractivity contribution is 6.71. The first kappa shape index (κ1) is 22.4. The summed E-state index contributed by atoms with van der Waals surface area (Å²) in [6, 6.07) is 2.49. The highest BCUT2D eigenvalue weighted by Crippen LogP contribution is 2.26. The molecule has 0 saturated heterocycles. The molecule has 2 nitrogen and oxygen atoms in total. The van der Waals surface area contributed by atoms with Crippen LogP contribution in [-0.2, 0) is 8.85 Å². The van der Waals surface area contributed by atoms with E-state index in [4.69, 9.17) is 8.85 Å². The van der Waals surface area contributed by atoms with Crippen molar-refractivity contribution >= 4 is 16.6 Å². The predicted octanol–water partition coefficient (Wildman–Crippen LogP) is 6.30. The van der Waals surface area contributed by atoms with Crippen molar-refractivity contribution in [2.75, 3.05) is 0 Å². The maximum absolute atomic E-state index is 6.49. The van der Waals surface area contributed by atoms with Crippen molar-refractivity contribution in [1.82, 2.24) is 0 Å². The molecule has 4 atom stereocenters. The van der Waals surface area contributed by atoms with Gasteiger partial charge in [-0.3, -0.25) is 0 Å². The average Bonchev–Trinajstić information content (AvgIpc) is 2.35. The van der Waals surface area contributed by atoms with Crippen LogP contribution >= 0.6 is 0 Å². The van der Waals surface area contributed by atoms with Crippen molar-refractivity contribution in [3.63, 3.8) is 0 Å². The van der Waals surface area contributed by atoms with Crippen molar-refractivity contribution in [1.29, 1.82) is 0 Å². The van der Waals surface area contributed by atoms with E-state index in [9.17, 15) is 0 Å². The molecule has 0 amide bonds. The van der Waals surface area contributed by atoms with Gasteiger partial charge in [-0.25, -0.2) is 0 Å². The summed E-state index contributed by atoms with van der Waals surface area (Å²) in [4.78, 5) is 0. The van der Waals surface area contributed by atoms with Gasteiger partial charge in [-0.15, -0.1) is 0 Å². The van der Waals surface area contributed by atoms with Crippen LogP contribution in [0.5, 0.6) is 0 Å². The predicted molar refractivity (Wildman–Crippen MR) is 105 cm³/mol. The van der Waals surface area contributed by atoms with E-state index >= 15 is 0 Å². The summed E-state index contributed by atoms with van der Waals surface area (Å²) in [7, 11) is -3.18. The molecule has 0 heterocycles. The zero-order chi connectivity index (χ0) is 17.6. The Kier molecular flexibility index (Phi) is 9.76. The Labute approximate surface area is 142 Å². The lowest BCUT2D eigenvalue weighted by atomic mass is 10.2. The van der Waals surface area contributed by atoms with E-state index in [0.29, 0.717) is 0 Å². The second-order valence-electron chi connectivity index (χ2n) is 8.60. The molecular formula is C18H42O2Si2. The molecule has 0 aromatic rings. The summed E-state index contributed by atoms with van der Waals surface area (Å²) < 4.78 is 13.0. The number of hydrogen-bond donors (Lipinski definition) is 0. The molecule has 134 valence electrons. The molecule has 0 fully saturated rings. The van der Waals surface area contributed by atoms with E-state index in [1.807, 2.05) is 0 Å². The van der Waals surface area contributed by atoms with Gasteiger partial charge in [-0.1, -0.05) is 40.5 Å². The van der Waals surface area contributed by atoms with E-state index < -0.39 is 16.6 Å². The molecule has 0 N–H and O–H groups in total. The van der Waals surface area contributed by atoms with Crippen LogP contribution < -0.4 is 0 Å². The van der Waals surface area contributed by atoms with Crippen LogP contribution in [0.1, 0.15) is 54.4 Å². The molecule has 4 heteroatoms. The fourth-order valence-corrected chi connectivity index (χ4v) is 9.78. The molecule has 0 aliphatic carbocycles. The largest absolute Gasteiger partial charge is 0.412 e. The third kappa shape index (κ3) is 9.48. The summed E-state index contributed by atoms with van der Waals surface area (Å²) >= 11 is 0. The minimum atomic E-state index is -1.59. The Bertz CT molecular complexity index is 275. The van der Waals surface area contributed by atoms with Crippen LogP contribution in [0.4, 0.5) is 0 Å². The molecule has 0 aromatic carbocycles. The zero-order valence-electron chi connectivity index (χ0n) is 17.0. The topological polar surface area (TPSA) is 18.5 Å². The molecule has 0 aromatic heterocycles. The monoisotopic (exact) mass is 346 g/mol. The van der Waals surface area contributed by atoms with Crippen LogP contribution in [0.15, 0.2) is 0 Å². The van der Waals surface area contributed by atoms with Crippen molar-refractivity contribution < 1.29 is 8.85 Å². The lowest BCUT2D eigenvalue weighted by Crippen LogP contribution is -2.45. The number of hydrogen-bond acceptors (Lipinski definition) is 2. The summed E-state index contributed by atoms with van der Waals surface area (Å²) in [6.45, 7) is 23.0. The summed E-state index contributed by atoms with van der Waals surface area (Å²) in [5.74, 6) is 1.53. The van der Waals surface area contributed by atoms with E-state index in [-0.39, 0.29) is 12.2 Å². The van der Waals surface area contributed by atoms with Crippen molar-refractivity contribution in [3.05, 3.63) is 0 Å². The summed E-state index contributed by atoms with van der Waals surface area (Å²) in [6.07, 6.45) is 2.90. The summed E-state index contributed by atoms with van der Waals surface area (Å²) in [5.41, 5.74) is 0. The first-order chi connectivity index (χ1) is 9.92. The smallest absolute Gasteiger partial charge is 0.187 e. The highest BCUT2D eigenvalue weighted by Gasteiger charge is 2.32. The Morgan fingerprint density at radius 3 is 1.14 bits per heavy atom. The lowest BCUT2D eigenvalue weighted by molar-refractivity contribution is 0.0643. The molecule has 2 unspecified atom stereocenters. The van der Waals surface area contributed by atoms with Crippen molar-refractivity contribution in [2.45, 2.75) is 105 Å². The van der Waals surface area contributed by atoms with Gasteiger partial charge < -0.3 is 8.85 Å². The van der Waals surface area contributed by atoms with Crippen LogP contribution in [0.2, 0.25) is 38.3 Å². The Morgan fingerprint density at radius 2 is 0.909 bits per heavy atom. The minimum absolute atomic E-state index is 0.203. The molecule has 22 heavy (non-hydrogen) atoms. The first-order valence-electron chi connectivity index (χ1n) is 9.28. The van der Waals surface area contributed by atoms with Gasteiger partial charge >= 0.3 is 0 Å². The minimum Gasteiger partial charge on any atom is -0.412 e. The molecule has 0 bridgehead atoms. The van der Waals surface area contributed by atoms with E-state index in [2.05, 4.69) is 67.7 Å². The van der Waals surface area contributed by atoms with Crippen LogP contribution in [-0.4, -0.2) is 28.8 Å². The SMILES string of the molecule is CCC(C)C[Si](C)(C)O[C@@H](C)[C@@H](C)O[Si](C)(C)CC(C)CC. The van der Waals surface area contributed by atoms with Crippen molar-refractivity contribution in [3.8, 4) is 0 Å². The second-order valence-corrected chi connectivity index (χ2v) is 16.9. The van der Waals surface area contributed by atoms with Gasteiger partial charge in [0.2, 0.25) is 0 Å². The van der Waals surface area contributed by atoms with Gasteiger partial charge in [0.1, 0.15) is 0 Å². The third-order valence-electron chi connectivity index (χ3n) is 4.74. The van der Waals surface area contributed by atoms with Gasteiger partial charge in [0.05, 0.1) is 12.2 Å². The molecule has 0 aliphatic rings. The maximum Gasteiger partial charge on any atom is 0.187 e. The quantitative estimate of drug-likeness (QED) is 0.409. The number of rotatable bonds is 11. The van der Waals surface area contributed by atoms with Crippen LogP contribution in [0.25, 0.3) is 0 Å². The molecular weight excluding hydrogens is 304 g/mol. The Morgan fingerprint density at radius 1 is 0.636 bits per heavy atom. The summed E-state index contributed by atoms with van der Waals surface area (Å²) in [5, 5.41) is 0. The molecule has 0 saturated carbocycles. The highest BCUT2D eigenvalue weighted by atomic mass is 28.4. The van der Waals surface area contributed by atoms with E-state index in [0.717, 1.165) is 11.8 Å². The lowest BCUT2D eigenvalue weighted by Gasteiger charge is -2.36. The molecule has 0 aliphatic heterocycles. The zero-order valence-corrected chi connectivity index (χ0v) is 19.0. The van der Waals surface area contributed by atoms with Crippen LogP contribution in [0.3, 0.4) is 0 Å². The van der Waals surface area contributed by atoms with Gasteiger partial charge in [0.25, 0.3) is 0 Å². The first-order valence-corrected chi connectivity index (χ1v) is 15.5. The molecule has 0 rings (SSSR count). The molecule has 0 spiro atoms. The average molecular weight is 347 g/mol. The van der Waals surface area contributed by atoms with Gasteiger partial charge in [-0.2, -0.15) is 0 Å². The second kappa shape index (κ2) is 9.60. The third-order valence-corrected chi connectivity index (χ3v) is 10.1. The Balaban J connectivity index is 4.50. The normalized spacial score (nSPS) is 18.8. The fraction of sp³-hybridized carbons (Fsp3) is 1.00. The molecule has 0 radical (unpaired) electrons. The van der Waals surface area contributed by atoms with E-state index in [1.54, 1.807) is 0 Å². The van der Waals surface area contributed by atoms with Gasteiger partial charge in [0, 0.05) is 0 Å². The van der Waals surface area contributed by atoms with Gasteiger partial charge in [-0.05, 0) is 64.0 Å². The Hall–Kier alpha value is 0.354. The van der Waals surface area contributed by atoms with Gasteiger partial charge in [0.15, 0.2) is 16.6 Å². The maximum atomic E-state index is 6.49. The standard InChI is InChI=1S/C18H42O2Si2/c1-11-15(3)13-21(7,8)19-17(5)18(6)20-22(9,10)14-16(4)12-2/h15-18H,11-14H2,1-10H3/t15?,16?,17-,18+. The van der Waals surface area contributed by atoms with Crippen molar-refractivity contribution in [2.24, 2.45) is 11.8 Å². The fourth-order valence-electron chi connectivity index (χ4n) is 3.26.